The SMILES string of the molecule is COC(=O)c1cc(NC=C(C#N)c2nn[nH]n2)c(O)cc1F. The topological polar surface area (TPSA) is 137 Å². The van der Waals surface area contributed by atoms with E-state index in [1.807, 2.05) is 6.07 Å². The van der Waals surface area contributed by atoms with Crippen molar-refractivity contribution in [2.24, 2.45) is 0 Å². The monoisotopic (exact) mass is 304 g/mol. The Kier molecular flexibility index (Phi) is 4.28. The van der Waals surface area contributed by atoms with Crippen LogP contribution in [0, 0.1) is 17.1 Å². The van der Waals surface area contributed by atoms with Crippen LogP contribution in [0.15, 0.2) is 18.3 Å². The van der Waals surface area contributed by atoms with Crippen molar-refractivity contribution >= 4 is 17.2 Å². The maximum atomic E-state index is 13.6. The van der Waals surface area contributed by atoms with Crippen LogP contribution in [0.4, 0.5) is 10.1 Å². The lowest BCUT2D eigenvalue weighted by Crippen LogP contribution is -2.05. The number of carbonyl (C=O) groups excluding carboxylic acids is 1. The maximum Gasteiger partial charge on any atom is 0.340 e. The van der Waals surface area contributed by atoms with Gasteiger partial charge in [-0.1, -0.05) is 0 Å². The zero-order valence-electron chi connectivity index (χ0n) is 11.2. The number of hydrogen-bond donors (Lipinski definition) is 3. The van der Waals surface area contributed by atoms with Crippen LogP contribution >= 0.6 is 0 Å². The van der Waals surface area contributed by atoms with Gasteiger partial charge in [0.15, 0.2) is 0 Å². The van der Waals surface area contributed by atoms with Gasteiger partial charge in [0.1, 0.15) is 23.2 Å². The summed E-state index contributed by atoms with van der Waals surface area (Å²) >= 11 is 0. The average molecular weight is 304 g/mol. The number of allylic oxidation sites excluding steroid dienone is 1. The summed E-state index contributed by atoms with van der Waals surface area (Å²) in [6, 6.07) is 3.63. The molecule has 10 heteroatoms. The molecule has 0 bridgehead atoms. The Morgan fingerprint density at radius 2 is 2.36 bits per heavy atom. The van der Waals surface area contributed by atoms with Gasteiger partial charge in [-0.3, -0.25) is 0 Å². The zero-order valence-corrected chi connectivity index (χ0v) is 11.2. The van der Waals surface area contributed by atoms with Gasteiger partial charge >= 0.3 is 5.97 Å². The molecule has 0 saturated carbocycles. The van der Waals surface area contributed by atoms with E-state index in [2.05, 4.69) is 30.7 Å². The number of carbonyl (C=O) groups is 1. The van der Waals surface area contributed by atoms with Crippen LogP contribution in [-0.2, 0) is 4.74 Å². The van der Waals surface area contributed by atoms with Gasteiger partial charge in [0.05, 0.1) is 18.4 Å². The van der Waals surface area contributed by atoms with Crippen molar-refractivity contribution < 1.29 is 19.0 Å². The second kappa shape index (κ2) is 6.31. The van der Waals surface area contributed by atoms with Gasteiger partial charge < -0.3 is 15.2 Å². The number of phenolic OH excluding ortho intramolecular Hbond substituents is 1. The van der Waals surface area contributed by atoms with E-state index in [9.17, 15) is 14.3 Å². The Labute approximate surface area is 123 Å². The number of nitrogens with zero attached hydrogens (tertiary/aromatic N) is 4. The van der Waals surface area contributed by atoms with E-state index in [0.29, 0.717) is 0 Å². The molecule has 0 saturated heterocycles. The minimum Gasteiger partial charge on any atom is -0.506 e. The minimum absolute atomic E-state index is 0.00181. The molecule has 3 N–H and O–H groups in total. The number of aromatic hydroxyl groups is 1. The molecule has 9 nitrogen and oxygen atoms in total. The molecule has 2 aromatic rings. The summed E-state index contributed by atoms with van der Waals surface area (Å²) in [4.78, 5) is 11.4. The third-order valence-electron chi connectivity index (χ3n) is 2.57. The highest BCUT2D eigenvalue weighted by Crippen LogP contribution is 2.27. The number of anilines is 1. The van der Waals surface area contributed by atoms with Crippen molar-refractivity contribution in [3.63, 3.8) is 0 Å². The van der Waals surface area contributed by atoms with E-state index in [1.54, 1.807) is 0 Å². The quantitative estimate of drug-likeness (QED) is 0.428. The molecule has 1 heterocycles. The number of esters is 1. The van der Waals surface area contributed by atoms with Crippen molar-refractivity contribution in [3.05, 3.63) is 35.5 Å². The van der Waals surface area contributed by atoms with Crippen molar-refractivity contribution in [1.29, 1.82) is 5.26 Å². The summed E-state index contributed by atoms with van der Waals surface area (Å²) in [5, 5.41) is 34.0. The molecule has 0 atom stereocenters. The molecule has 0 radical (unpaired) electrons. The first-order valence-electron chi connectivity index (χ1n) is 5.78. The van der Waals surface area contributed by atoms with Gasteiger partial charge in [0.25, 0.3) is 0 Å². The lowest BCUT2D eigenvalue weighted by molar-refractivity contribution is 0.0595. The summed E-state index contributed by atoms with van der Waals surface area (Å²) in [7, 11) is 1.10. The first kappa shape index (κ1) is 14.9. The largest absolute Gasteiger partial charge is 0.506 e. The predicted molar refractivity (Wildman–Crippen MR) is 70.8 cm³/mol. The number of phenols is 1. The number of hydrogen-bond acceptors (Lipinski definition) is 8. The molecule has 2 rings (SSSR count). The Bertz CT molecular complexity index is 766. The molecule has 0 aliphatic heterocycles. The molecular weight excluding hydrogens is 295 g/mol. The van der Waals surface area contributed by atoms with Crippen LogP contribution in [0.2, 0.25) is 0 Å². The molecule has 112 valence electrons. The highest BCUT2D eigenvalue weighted by molar-refractivity contribution is 5.91. The van der Waals surface area contributed by atoms with E-state index in [-0.39, 0.29) is 22.6 Å². The average Bonchev–Trinajstić information content (AvgIpc) is 3.03. The molecule has 0 unspecified atom stereocenters. The third kappa shape index (κ3) is 2.98. The van der Waals surface area contributed by atoms with Crippen molar-refractivity contribution in [3.8, 4) is 11.8 Å². The van der Waals surface area contributed by atoms with Gasteiger partial charge in [0.2, 0.25) is 5.82 Å². The Balaban J connectivity index is 2.33. The van der Waals surface area contributed by atoms with Crippen molar-refractivity contribution in [2.75, 3.05) is 12.4 Å². The number of halogens is 1. The Morgan fingerprint density at radius 1 is 1.59 bits per heavy atom. The van der Waals surface area contributed by atoms with Crippen LogP contribution in [0.1, 0.15) is 16.2 Å². The highest BCUT2D eigenvalue weighted by Gasteiger charge is 2.16. The van der Waals surface area contributed by atoms with E-state index >= 15 is 0 Å². The summed E-state index contributed by atoms with van der Waals surface area (Å²) in [6.07, 6.45) is 1.18. The number of aromatic amines is 1. The molecular formula is C12H9FN6O3. The number of tetrazole rings is 1. The Hall–Kier alpha value is -3.48. The van der Waals surface area contributed by atoms with Gasteiger partial charge in [-0.15, -0.1) is 10.2 Å². The zero-order chi connectivity index (χ0) is 16.1. The molecule has 1 aromatic heterocycles. The van der Waals surface area contributed by atoms with Crippen molar-refractivity contribution in [2.45, 2.75) is 0 Å². The standard InChI is InChI=1S/C12H9FN6O3/c1-22-12(21)7-2-9(10(20)3-8(7)13)15-5-6(4-14)11-16-18-19-17-11/h2-3,5,15,20H,1H3,(H,16,17,18,19). The predicted octanol–water partition coefficient (Wildman–Crippen LogP) is 0.808. The number of nitriles is 1. The summed E-state index contributed by atoms with van der Waals surface area (Å²) in [5.41, 5.74) is -0.357. The summed E-state index contributed by atoms with van der Waals surface area (Å²) < 4.78 is 18.0. The number of ether oxygens (including phenoxy) is 1. The number of benzene rings is 1. The van der Waals surface area contributed by atoms with E-state index in [4.69, 9.17) is 5.26 Å². The Morgan fingerprint density at radius 3 is 2.95 bits per heavy atom. The van der Waals surface area contributed by atoms with Crippen LogP contribution in [-0.4, -0.2) is 38.8 Å². The van der Waals surface area contributed by atoms with E-state index < -0.39 is 17.5 Å². The van der Waals surface area contributed by atoms with Crippen LogP contribution in [0.5, 0.6) is 5.75 Å². The molecule has 0 fully saturated rings. The number of rotatable bonds is 4. The van der Waals surface area contributed by atoms with Crippen molar-refractivity contribution in [1.82, 2.24) is 20.6 Å². The number of H-pyrrole nitrogens is 1. The third-order valence-corrected chi connectivity index (χ3v) is 2.57. The molecule has 22 heavy (non-hydrogen) atoms. The second-order valence-electron chi connectivity index (χ2n) is 3.89. The van der Waals surface area contributed by atoms with Gasteiger partial charge in [-0.05, 0) is 11.3 Å². The first-order chi connectivity index (χ1) is 10.6. The van der Waals surface area contributed by atoms with Crippen LogP contribution < -0.4 is 5.32 Å². The van der Waals surface area contributed by atoms with E-state index in [1.165, 1.54) is 6.20 Å². The van der Waals surface area contributed by atoms with Gasteiger partial charge in [0, 0.05) is 12.3 Å². The lowest BCUT2D eigenvalue weighted by Gasteiger charge is -2.08. The molecule has 0 aliphatic rings. The fraction of sp³-hybridized carbons (Fsp3) is 0.0833. The van der Waals surface area contributed by atoms with Gasteiger partial charge in [-0.2, -0.15) is 10.5 Å². The fourth-order valence-corrected chi connectivity index (χ4v) is 1.52. The molecule has 0 amide bonds. The minimum atomic E-state index is -0.933. The molecule has 1 aromatic carbocycles. The molecule has 0 spiro atoms. The normalized spacial score (nSPS) is 10.9. The lowest BCUT2D eigenvalue weighted by atomic mass is 10.1. The smallest absolute Gasteiger partial charge is 0.340 e. The second-order valence-corrected chi connectivity index (χ2v) is 3.89. The number of nitrogens with one attached hydrogen (secondary N) is 2. The van der Waals surface area contributed by atoms with Gasteiger partial charge in [-0.25, -0.2) is 9.18 Å². The van der Waals surface area contributed by atoms with Crippen LogP contribution in [0.3, 0.4) is 0 Å². The molecule has 0 aliphatic carbocycles. The van der Waals surface area contributed by atoms with E-state index in [0.717, 1.165) is 19.2 Å². The fourth-order valence-electron chi connectivity index (χ4n) is 1.52. The number of aromatic nitrogens is 4. The number of methoxy groups -OCH3 is 1. The summed E-state index contributed by atoms with van der Waals surface area (Å²) in [5.74, 6) is -2.25. The summed E-state index contributed by atoms with van der Waals surface area (Å²) in [6.45, 7) is 0. The van der Waals surface area contributed by atoms with Crippen LogP contribution in [0.25, 0.3) is 5.57 Å². The first-order valence-corrected chi connectivity index (χ1v) is 5.78. The highest BCUT2D eigenvalue weighted by atomic mass is 19.1. The maximum absolute atomic E-state index is 13.6.